The van der Waals surface area contributed by atoms with Crippen LogP contribution in [0.4, 0.5) is 0 Å². The van der Waals surface area contributed by atoms with Crippen LogP contribution in [0.25, 0.3) is 0 Å². The first-order valence-corrected chi connectivity index (χ1v) is 6.42. The minimum absolute atomic E-state index is 0.279. The second-order valence-electron chi connectivity index (χ2n) is 5.07. The van der Waals surface area contributed by atoms with Gasteiger partial charge in [-0.2, -0.15) is 0 Å². The first-order valence-electron chi connectivity index (χ1n) is 6.42. The smallest absolute Gasteiger partial charge is 0.306 e. The number of carboxylic acid groups (broad SMARTS) is 1. The van der Waals surface area contributed by atoms with E-state index in [1.807, 2.05) is 0 Å². The summed E-state index contributed by atoms with van der Waals surface area (Å²) in [4.78, 5) is 10.7. The lowest BCUT2D eigenvalue weighted by molar-refractivity contribution is -0.141. The number of rotatable bonds is 6. The summed E-state index contributed by atoms with van der Waals surface area (Å²) >= 11 is 0. The molecular formula is C15H23NO2. The van der Waals surface area contributed by atoms with Crippen LogP contribution >= 0.6 is 0 Å². The fourth-order valence-electron chi connectivity index (χ4n) is 1.88. The van der Waals surface area contributed by atoms with Crippen molar-refractivity contribution in [1.29, 1.82) is 0 Å². The molecule has 3 nitrogen and oxygen atoms in total. The van der Waals surface area contributed by atoms with Crippen molar-refractivity contribution in [3.05, 3.63) is 34.4 Å². The van der Waals surface area contributed by atoms with Gasteiger partial charge in [0.15, 0.2) is 0 Å². The Morgan fingerprint density at radius 3 is 2.44 bits per heavy atom. The molecule has 100 valence electrons. The zero-order valence-electron chi connectivity index (χ0n) is 11.7. The summed E-state index contributed by atoms with van der Waals surface area (Å²) in [5.41, 5.74) is 5.20. The molecular weight excluding hydrogens is 226 g/mol. The Morgan fingerprint density at radius 2 is 1.83 bits per heavy atom. The Morgan fingerprint density at radius 1 is 1.22 bits per heavy atom. The number of nitrogens with one attached hydrogen (secondary N) is 1. The first kappa shape index (κ1) is 14.7. The molecule has 0 fully saturated rings. The highest BCUT2D eigenvalue weighted by molar-refractivity contribution is 5.69. The summed E-state index contributed by atoms with van der Waals surface area (Å²) in [5, 5.41) is 12.1. The van der Waals surface area contributed by atoms with Crippen LogP contribution in [0.1, 0.15) is 35.6 Å². The van der Waals surface area contributed by atoms with Crippen LogP contribution in [0.5, 0.6) is 0 Å². The Hall–Kier alpha value is -1.35. The van der Waals surface area contributed by atoms with E-state index in [0.29, 0.717) is 6.42 Å². The lowest BCUT2D eigenvalue weighted by Crippen LogP contribution is -2.20. The van der Waals surface area contributed by atoms with Crippen molar-refractivity contribution in [2.24, 2.45) is 5.92 Å². The van der Waals surface area contributed by atoms with Gasteiger partial charge in [0.1, 0.15) is 0 Å². The molecule has 1 unspecified atom stereocenters. The van der Waals surface area contributed by atoms with Crippen molar-refractivity contribution >= 4 is 5.97 Å². The van der Waals surface area contributed by atoms with E-state index >= 15 is 0 Å². The highest BCUT2D eigenvalue weighted by atomic mass is 16.4. The zero-order chi connectivity index (χ0) is 13.7. The second kappa shape index (κ2) is 6.55. The maximum atomic E-state index is 10.7. The van der Waals surface area contributed by atoms with Gasteiger partial charge in [-0.3, -0.25) is 4.79 Å². The molecule has 0 heterocycles. The van der Waals surface area contributed by atoms with Gasteiger partial charge in [0, 0.05) is 6.54 Å². The van der Waals surface area contributed by atoms with Crippen molar-refractivity contribution in [3.63, 3.8) is 0 Å². The number of benzene rings is 1. The van der Waals surface area contributed by atoms with E-state index in [1.165, 1.54) is 22.3 Å². The number of hydrogen-bond acceptors (Lipinski definition) is 2. The van der Waals surface area contributed by atoms with Crippen molar-refractivity contribution in [1.82, 2.24) is 5.32 Å². The topological polar surface area (TPSA) is 49.3 Å². The van der Waals surface area contributed by atoms with Gasteiger partial charge >= 0.3 is 5.97 Å². The number of hydrogen-bond donors (Lipinski definition) is 2. The van der Waals surface area contributed by atoms with Crippen molar-refractivity contribution < 1.29 is 9.90 Å². The number of carboxylic acids is 1. The highest BCUT2D eigenvalue weighted by Gasteiger charge is 2.09. The van der Waals surface area contributed by atoms with E-state index in [1.54, 1.807) is 6.92 Å². The van der Waals surface area contributed by atoms with E-state index < -0.39 is 5.97 Å². The van der Waals surface area contributed by atoms with Gasteiger partial charge in [0.05, 0.1) is 5.92 Å². The van der Waals surface area contributed by atoms with E-state index in [9.17, 15) is 4.79 Å². The molecule has 0 aromatic heterocycles. The molecule has 0 spiro atoms. The second-order valence-corrected chi connectivity index (χ2v) is 5.07. The SMILES string of the molecule is Cc1cc(C)c(CNCCC(C)C(=O)O)cc1C. The van der Waals surface area contributed by atoms with Crippen LogP contribution < -0.4 is 5.32 Å². The van der Waals surface area contributed by atoms with Gasteiger partial charge in [-0.25, -0.2) is 0 Å². The third kappa shape index (κ3) is 4.15. The summed E-state index contributed by atoms with van der Waals surface area (Å²) in [7, 11) is 0. The molecule has 1 atom stereocenters. The van der Waals surface area contributed by atoms with Crippen LogP contribution in [0, 0.1) is 26.7 Å². The molecule has 0 bridgehead atoms. The van der Waals surface area contributed by atoms with E-state index in [-0.39, 0.29) is 5.92 Å². The monoisotopic (exact) mass is 249 g/mol. The maximum absolute atomic E-state index is 10.7. The molecule has 1 rings (SSSR count). The van der Waals surface area contributed by atoms with E-state index in [2.05, 4.69) is 38.2 Å². The highest BCUT2D eigenvalue weighted by Crippen LogP contribution is 2.15. The summed E-state index contributed by atoms with van der Waals surface area (Å²) in [6.07, 6.45) is 0.666. The molecule has 0 amide bonds. The molecule has 0 saturated carbocycles. The number of carbonyl (C=O) groups is 1. The van der Waals surface area contributed by atoms with Crippen LogP contribution in [0.2, 0.25) is 0 Å². The average molecular weight is 249 g/mol. The van der Waals surface area contributed by atoms with Crippen molar-refractivity contribution in [2.75, 3.05) is 6.54 Å². The molecule has 0 radical (unpaired) electrons. The maximum Gasteiger partial charge on any atom is 0.306 e. The predicted octanol–water partition coefficient (Wildman–Crippen LogP) is 2.81. The zero-order valence-corrected chi connectivity index (χ0v) is 11.7. The van der Waals surface area contributed by atoms with Gasteiger partial charge < -0.3 is 10.4 Å². The summed E-state index contributed by atoms with van der Waals surface area (Å²) in [6.45, 7) is 9.63. The first-order chi connectivity index (χ1) is 8.41. The van der Waals surface area contributed by atoms with Crippen LogP contribution in [-0.2, 0) is 11.3 Å². The molecule has 2 N–H and O–H groups in total. The fraction of sp³-hybridized carbons (Fsp3) is 0.533. The third-order valence-corrected chi connectivity index (χ3v) is 3.44. The number of aryl methyl sites for hydroxylation is 3. The standard InChI is InChI=1S/C15H23NO2/c1-10(15(17)18)5-6-16-9-14-8-12(3)11(2)7-13(14)4/h7-8,10,16H,5-6,9H2,1-4H3,(H,17,18). The molecule has 1 aromatic rings. The Bertz CT molecular complexity index is 427. The normalized spacial score (nSPS) is 12.4. The molecule has 0 aliphatic heterocycles. The molecule has 0 aliphatic carbocycles. The van der Waals surface area contributed by atoms with Crippen molar-refractivity contribution in [2.45, 2.75) is 40.7 Å². The Labute approximate surface area is 109 Å². The lowest BCUT2D eigenvalue weighted by atomic mass is 10.0. The van der Waals surface area contributed by atoms with Gasteiger partial charge in [0.2, 0.25) is 0 Å². The Kier molecular flexibility index (Phi) is 5.35. The van der Waals surface area contributed by atoms with Crippen molar-refractivity contribution in [3.8, 4) is 0 Å². The van der Waals surface area contributed by atoms with E-state index in [4.69, 9.17) is 5.11 Å². The van der Waals surface area contributed by atoms with Gasteiger partial charge in [-0.05, 0) is 56.0 Å². The summed E-state index contributed by atoms with van der Waals surface area (Å²) in [6, 6.07) is 4.41. The fourth-order valence-corrected chi connectivity index (χ4v) is 1.88. The third-order valence-electron chi connectivity index (χ3n) is 3.44. The van der Waals surface area contributed by atoms with Crippen LogP contribution in [0.15, 0.2) is 12.1 Å². The summed E-state index contributed by atoms with van der Waals surface area (Å²) in [5.74, 6) is -1.00. The van der Waals surface area contributed by atoms with Crippen LogP contribution in [-0.4, -0.2) is 17.6 Å². The minimum Gasteiger partial charge on any atom is -0.481 e. The predicted molar refractivity (Wildman–Crippen MR) is 73.8 cm³/mol. The quantitative estimate of drug-likeness (QED) is 0.762. The van der Waals surface area contributed by atoms with Crippen LogP contribution in [0.3, 0.4) is 0 Å². The number of aliphatic carboxylic acids is 1. The molecule has 1 aromatic carbocycles. The lowest BCUT2D eigenvalue weighted by Gasteiger charge is -2.12. The molecule has 0 saturated heterocycles. The summed E-state index contributed by atoms with van der Waals surface area (Å²) < 4.78 is 0. The molecule has 3 heteroatoms. The van der Waals surface area contributed by atoms with Gasteiger partial charge in [0.25, 0.3) is 0 Å². The Balaban J connectivity index is 2.45. The largest absolute Gasteiger partial charge is 0.481 e. The molecule has 18 heavy (non-hydrogen) atoms. The minimum atomic E-state index is -0.723. The van der Waals surface area contributed by atoms with E-state index in [0.717, 1.165) is 13.1 Å². The van der Waals surface area contributed by atoms with Gasteiger partial charge in [-0.1, -0.05) is 19.1 Å². The molecule has 0 aliphatic rings. The van der Waals surface area contributed by atoms with Gasteiger partial charge in [-0.15, -0.1) is 0 Å². The average Bonchev–Trinajstić information content (AvgIpc) is 2.30.